The normalized spacial score (nSPS) is 29.5. The van der Waals surface area contributed by atoms with Gasteiger partial charge >= 0.3 is 5.69 Å². The molecule has 2 unspecified atom stereocenters. The molecule has 0 spiro atoms. The highest BCUT2D eigenvalue weighted by Crippen LogP contribution is 2.32. The molecule has 0 aliphatic carbocycles. The third-order valence-electron chi connectivity index (χ3n) is 3.78. The van der Waals surface area contributed by atoms with E-state index in [2.05, 4.69) is 4.98 Å². The first-order valence-electron chi connectivity index (χ1n) is 6.73. The third kappa shape index (κ3) is 2.80. The molecule has 0 saturated carbocycles. The minimum atomic E-state index is -1.11. The number of ether oxygens (including phenoxy) is 4. The predicted molar refractivity (Wildman–Crippen MR) is 75.1 cm³/mol. The van der Waals surface area contributed by atoms with Crippen molar-refractivity contribution < 1.29 is 24.1 Å². The average Bonchev–Trinajstić information content (AvgIpc) is 2.83. The zero-order valence-electron chi connectivity index (χ0n) is 12.8. The lowest BCUT2D eigenvalue weighted by molar-refractivity contribution is -0.0959. The SMILES string of the molecule is COc1cn([C@@H]2O[C@H](C(C)OC)C(OC)[C@@H]2O)c(=O)[nH]c1=O. The van der Waals surface area contributed by atoms with Gasteiger partial charge in [0.05, 0.1) is 19.4 Å². The van der Waals surface area contributed by atoms with Crippen molar-refractivity contribution in [2.45, 2.75) is 37.6 Å². The Morgan fingerprint density at radius 1 is 1.36 bits per heavy atom. The molecule has 2 rings (SSSR count). The van der Waals surface area contributed by atoms with Crippen LogP contribution in [0.5, 0.6) is 5.75 Å². The molecule has 9 heteroatoms. The van der Waals surface area contributed by atoms with Gasteiger partial charge in [-0.3, -0.25) is 14.3 Å². The fraction of sp³-hybridized carbons (Fsp3) is 0.692. The highest BCUT2D eigenvalue weighted by atomic mass is 16.6. The van der Waals surface area contributed by atoms with Crippen LogP contribution in [0, 0.1) is 0 Å². The number of methoxy groups -OCH3 is 3. The minimum Gasteiger partial charge on any atom is -0.490 e. The number of nitrogens with one attached hydrogen (secondary N) is 1. The Kier molecular flexibility index (Phi) is 5.01. The van der Waals surface area contributed by atoms with Crippen LogP contribution in [-0.2, 0) is 14.2 Å². The molecule has 0 radical (unpaired) electrons. The van der Waals surface area contributed by atoms with Crippen LogP contribution in [0.3, 0.4) is 0 Å². The van der Waals surface area contributed by atoms with Crippen LogP contribution in [0.2, 0.25) is 0 Å². The zero-order chi connectivity index (χ0) is 16.4. The van der Waals surface area contributed by atoms with E-state index in [0.29, 0.717) is 0 Å². The van der Waals surface area contributed by atoms with E-state index in [1.165, 1.54) is 27.5 Å². The maximum Gasteiger partial charge on any atom is 0.330 e. The van der Waals surface area contributed by atoms with Gasteiger partial charge in [-0.05, 0) is 6.92 Å². The molecule has 22 heavy (non-hydrogen) atoms. The van der Waals surface area contributed by atoms with Crippen molar-refractivity contribution in [1.82, 2.24) is 9.55 Å². The van der Waals surface area contributed by atoms with E-state index in [0.717, 1.165) is 4.57 Å². The molecule has 0 bridgehead atoms. The van der Waals surface area contributed by atoms with Gasteiger partial charge in [0.15, 0.2) is 6.23 Å². The van der Waals surface area contributed by atoms with E-state index in [4.69, 9.17) is 18.9 Å². The van der Waals surface area contributed by atoms with Crippen molar-refractivity contribution in [2.24, 2.45) is 0 Å². The monoisotopic (exact) mass is 316 g/mol. The molecular formula is C13H20N2O7. The Labute approximate surface area is 126 Å². The molecule has 5 atom stereocenters. The van der Waals surface area contributed by atoms with Gasteiger partial charge < -0.3 is 24.1 Å². The fourth-order valence-electron chi connectivity index (χ4n) is 2.49. The summed E-state index contributed by atoms with van der Waals surface area (Å²) < 4.78 is 22.1. The Hall–Kier alpha value is -1.68. The van der Waals surface area contributed by atoms with Crippen LogP contribution < -0.4 is 16.0 Å². The van der Waals surface area contributed by atoms with Crippen molar-refractivity contribution >= 4 is 0 Å². The highest BCUT2D eigenvalue weighted by Gasteiger charge is 2.47. The van der Waals surface area contributed by atoms with Crippen LogP contribution in [0.25, 0.3) is 0 Å². The van der Waals surface area contributed by atoms with E-state index in [-0.39, 0.29) is 11.9 Å². The van der Waals surface area contributed by atoms with Gasteiger partial charge in [-0.25, -0.2) is 4.79 Å². The number of aliphatic hydroxyl groups excluding tert-OH is 1. The Balaban J connectivity index is 2.41. The Morgan fingerprint density at radius 3 is 2.59 bits per heavy atom. The quantitative estimate of drug-likeness (QED) is 0.705. The number of nitrogens with zero attached hydrogens (tertiary/aromatic N) is 1. The van der Waals surface area contributed by atoms with Crippen LogP contribution in [-0.4, -0.2) is 60.4 Å². The maximum atomic E-state index is 12.0. The van der Waals surface area contributed by atoms with Gasteiger partial charge in [-0.15, -0.1) is 0 Å². The third-order valence-corrected chi connectivity index (χ3v) is 3.78. The Morgan fingerprint density at radius 2 is 2.05 bits per heavy atom. The largest absolute Gasteiger partial charge is 0.490 e. The number of aliphatic hydroxyl groups is 1. The average molecular weight is 316 g/mol. The molecule has 0 amide bonds. The van der Waals surface area contributed by atoms with Crippen molar-refractivity contribution in [3.8, 4) is 5.75 Å². The summed E-state index contributed by atoms with van der Waals surface area (Å²) in [7, 11) is 4.25. The second-order valence-corrected chi connectivity index (χ2v) is 4.99. The van der Waals surface area contributed by atoms with Crippen molar-refractivity contribution in [3.05, 3.63) is 27.0 Å². The fourth-order valence-corrected chi connectivity index (χ4v) is 2.49. The lowest BCUT2D eigenvalue weighted by Crippen LogP contribution is -2.40. The summed E-state index contributed by atoms with van der Waals surface area (Å²) in [4.78, 5) is 25.6. The van der Waals surface area contributed by atoms with E-state index in [9.17, 15) is 14.7 Å². The topological polar surface area (TPSA) is 112 Å². The summed E-state index contributed by atoms with van der Waals surface area (Å²) in [6.45, 7) is 1.77. The smallest absolute Gasteiger partial charge is 0.330 e. The Bertz CT molecular complexity index is 626. The van der Waals surface area contributed by atoms with Crippen molar-refractivity contribution in [1.29, 1.82) is 0 Å². The number of hydrogen-bond acceptors (Lipinski definition) is 7. The van der Waals surface area contributed by atoms with Crippen molar-refractivity contribution in [3.63, 3.8) is 0 Å². The second kappa shape index (κ2) is 6.61. The molecule has 124 valence electrons. The molecule has 1 fully saturated rings. The molecule has 1 aliphatic heterocycles. The van der Waals surface area contributed by atoms with Crippen molar-refractivity contribution in [2.75, 3.05) is 21.3 Å². The predicted octanol–water partition coefficient (Wildman–Crippen LogP) is -1.15. The lowest BCUT2D eigenvalue weighted by atomic mass is 10.1. The standard InChI is InChI=1S/C13H20N2O7/c1-6(19-2)9-10(21-4)8(16)12(22-9)15-5-7(20-3)11(17)14-13(15)18/h5-6,8-10,12,16H,1-4H3,(H,14,17,18)/t6?,8-,9+,10?,12+/m0/s1. The first-order valence-corrected chi connectivity index (χ1v) is 6.73. The van der Waals surface area contributed by atoms with Gasteiger partial charge in [0, 0.05) is 14.2 Å². The molecule has 1 aromatic heterocycles. The molecule has 1 aliphatic rings. The maximum absolute atomic E-state index is 12.0. The summed E-state index contributed by atoms with van der Waals surface area (Å²) in [5.74, 6) is -0.0624. The summed E-state index contributed by atoms with van der Waals surface area (Å²) >= 11 is 0. The van der Waals surface area contributed by atoms with Crippen LogP contribution in [0.4, 0.5) is 0 Å². The van der Waals surface area contributed by atoms with Gasteiger partial charge in [0.2, 0.25) is 5.75 Å². The van der Waals surface area contributed by atoms with E-state index in [1.54, 1.807) is 6.92 Å². The summed E-state index contributed by atoms with van der Waals surface area (Å²) in [5.41, 5.74) is -1.36. The highest BCUT2D eigenvalue weighted by molar-refractivity contribution is 5.12. The zero-order valence-corrected chi connectivity index (χ0v) is 12.8. The van der Waals surface area contributed by atoms with Crippen LogP contribution in [0.15, 0.2) is 15.8 Å². The van der Waals surface area contributed by atoms with Gasteiger partial charge in [0.25, 0.3) is 5.56 Å². The summed E-state index contributed by atoms with van der Waals surface area (Å²) in [6, 6.07) is 0. The minimum absolute atomic E-state index is 0.0624. The van der Waals surface area contributed by atoms with Gasteiger partial charge in [0.1, 0.15) is 18.3 Å². The number of H-pyrrole nitrogens is 1. The molecule has 2 heterocycles. The first-order chi connectivity index (χ1) is 10.4. The van der Waals surface area contributed by atoms with E-state index in [1.807, 2.05) is 0 Å². The molecule has 0 aromatic carbocycles. The number of aromatic amines is 1. The van der Waals surface area contributed by atoms with Gasteiger partial charge in [-0.2, -0.15) is 0 Å². The molecule has 1 aromatic rings. The molecule has 9 nitrogen and oxygen atoms in total. The van der Waals surface area contributed by atoms with E-state index < -0.39 is 35.8 Å². The first kappa shape index (κ1) is 16.7. The second-order valence-electron chi connectivity index (χ2n) is 4.99. The summed E-state index contributed by atoms with van der Waals surface area (Å²) in [5, 5.41) is 10.4. The molecule has 2 N–H and O–H groups in total. The number of rotatable bonds is 5. The summed E-state index contributed by atoms with van der Waals surface area (Å²) in [6.07, 6.45) is -2.54. The van der Waals surface area contributed by atoms with E-state index >= 15 is 0 Å². The molecular weight excluding hydrogens is 296 g/mol. The number of aromatic nitrogens is 2. The molecule has 1 saturated heterocycles. The number of hydrogen-bond donors (Lipinski definition) is 2. The van der Waals surface area contributed by atoms with Crippen LogP contribution in [0.1, 0.15) is 13.2 Å². The van der Waals surface area contributed by atoms with Gasteiger partial charge in [-0.1, -0.05) is 0 Å². The van der Waals surface area contributed by atoms with Crippen LogP contribution >= 0.6 is 0 Å². The lowest BCUT2D eigenvalue weighted by Gasteiger charge is -2.22.